The van der Waals surface area contributed by atoms with E-state index in [9.17, 15) is 4.79 Å². The Kier molecular flexibility index (Phi) is 7.67. The second-order valence-corrected chi connectivity index (χ2v) is 4.85. The van der Waals surface area contributed by atoms with Crippen molar-refractivity contribution in [3.05, 3.63) is 12.2 Å². The lowest BCUT2D eigenvalue weighted by Gasteiger charge is -2.12. The van der Waals surface area contributed by atoms with Gasteiger partial charge < -0.3 is 4.74 Å². The van der Waals surface area contributed by atoms with Gasteiger partial charge in [0.25, 0.3) is 0 Å². The highest BCUT2D eigenvalue weighted by atomic mass is 32.2. The van der Waals surface area contributed by atoms with Crippen LogP contribution >= 0.6 is 11.8 Å². The lowest BCUT2D eigenvalue weighted by atomic mass is 10.2. The maximum atomic E-state index is 10.9. The smallest absolute Gasteiger partial charge is 0.330 e. The number of ether oxygens (including phenoxy) is 1. The number of carbonyl (C=O) groups excluding carboxylic acids is 1. The van der Waals surface area contributed by atoms with Gasteiger partial charge in [-0.15, -0.1) is 0 Å². The van der Waals surface area contributed by atoms with Gasteiger partial charge in [-0.3, -0.25) is 0 Å². The van der Waals surface area contributed by atoms with E-state index in [4.69, 9.17) is 4.74 Å². The van der Waals surface area contributed by atoms with Crippen LogP contribution in [0.15, 0.2) is 12.2 Å². The van der Waals surface area contributed by atoms with Crippen LogP contribution in [0.2, 0.25) is 0 Å². The zero-order valence-corrected chi connectivity index (χ0v) is 10.3. The average Bonchev–Trinajstić information content (AvgIpc) is 2.12. The summed E-state index contributed by atoms with van der Waals surface area (Å²) in [6.45, 7) is 8.85. The van der Waals surface area contributed by atoms with Crippen molar-refractivity contribution in [2.45, 2.75) is 32.9 Å². The van der Waals surface area contributed by atoms with Gasteiger partial charge in [0.2, 0.25) is 0 Å². The molecule has 0 aliphatic carbocycles. The first kappa shape index (κ1) is 13.6. The van der Waals surface area contributed by atoms with Gasteiger partial charge in [0.1, 0.15) is 0 Å². The number of carbonyl (C=O) groups is 1. The minimum atomic E-state index is -0.245. The highest BCUT2D eigenvalue weighted by Gasteiger charge is 2.05. The maximum absolute atomic E-state index is 10.9. The molecule has 0 aromatic rings. The van der Waals surface area contributed by atoms with Gasteiger partial charge in [-0.1, -0.05) is 26.8 Å². The van der Waals surface area contributed by atoms with E-state index in [-0.39, 0.29) is 5.97 Å². The molecule has 0 aliphatic rings. The molecule has 0 rings (SSSR count). The van der Waals surface area contributed by atoms with Crippen LogP contribution in [0.5, 0.6) is 0 Å². The molecule has 0 amide bonds. The van der Waals surface area contributed by atoms with Gasteiger partial charge in [-0.05, 0) is 12.8 Å². The monoisotopic (exact) mass is 216 g/mol. The van der Waals surface area contributed by atoms with Gasteiger partial charge in [0.15, 0.2) is 0 Å². The van der Waals surface area contributed by atoms with Crippen molar-refractivity contribution >= 4 is 17.7 Å². The summed E-state index contributed by atoms with van der Waals surface area (Å²) in [4.78, 5) is 10.9. The Morgan fingerprint density at radius 2 is 2.07 bits per heavy atom. The molecule has 14 heavy (non-hydrogen) atoms. The Morgan fingerprint density at radius 3 is 2.57 bits per heavy atom. The summed E-state index contributed by atoms with van der Waals surface area (Å²) in [7, 11) is 0. The molecule has 0 aromatic heterocycles. The highest BCUT2D eigenvalue weighted by Crippen LogP contribution is 2.18. The largest absolute Gasteiger partial charge is 0.463 e. The molecule has 0 heterocycles. The summed E-state index contributed by atoms with van der Waals surface area (Å²) in [6, 6.07) is 0. The first-order chi connectivity index (χ1) is 6.57. The summed E-state index contributed by atoms with van der Waals surface area (Å²) in [6.07, 6.45) is 3.37. The molecule has 0 saturated heterocycles. The van der Waals surface area contributed by atoms with E-state index < -0.39 is 0 Å². The van der Waals surface area contributed by atoms with Crippen molar-refractivity contribution in [2.75, 3.05) is 12.4 Å². The highest BCUT2D eigenvalue weighted by molar-refractivity contribution is 8.00. The van der Waals surface area contributed by atoms with E-state index in [2.05, 4.69) is 20.8 Å². The molecule has 1 unspecified atom stereocenters. The number of esters is 1. The summed E-state index contributed by atoms with van der Waals surface area (Å²) in [5.41, 5.74) is 0. The molecule has 0 spiro atoms. The van der Waals surface area contributed by atoms with Gasteiger partial charge in [-0.2, -0.15) is 11.8 Å². The van der Waals surface area contributed by atoms with E-state index in [1.54, 1.807) is 6.92 Å². The molecule has 0 bridgehead atoms. The lowest BCUT2D eigenvalue weighted by molar-refractivity contribution is -0.137. The third-order valence-corrected chi connectivity index (χ3v) is 3.39. The van der Waals surface area contributed by atoms with Gasteiger partial charge in [-0.25, -0.2) is 4.79 Å². The summed E-state index contributed by atoms with van der Waals surface area (Å²) < 4.78 is 4.76. The minimum Gasteiger partial charge on any atom is -0.463 e. The Hall–Kier alpha value is -0.440. The van der Waals surface area contributed by atoms with Crippen LogP contribution in [0.1, 0.15) is 27.7 Å². The molecule has 0 saturated carbocycles. The number of hydrogen-bond donors (Lipinski definition) is 0. The van der Waals surface area contributed by atoms with Crippen LogP contribution in [0.3, 0.4) is 0 Å². The summed E-state index contributed by atoms with van der Waals surface area (Å²) in [5, 5.41) is 0.627. The van der Waals surface area contributed by atoms with Crippen molar-refractivity contribution in [3.63, 3.8) is 0 Å². The van der Waals surface area contributed by atoms with Crippen LogP contribution < -0.4 is 0 Å². The first-order valence-corrected chi connectivity index (χ1v) is 6.07. The Labute approximate surface area is 91.1 Å². The fourth-order valence-electron chi connectivity index (χ4n) is 0.734. The number of hydrogen-bond acceptors (Lipinski definition) is 3. The van der Waals surface area contributed by atoms with Crippen molar-refractivity contribution in [2.24, 2.45) is 5.92 Å². The molecule has 0 fully saturated rings. The van der Waals surface area contributed by atoms with E-state index >= 15 is 0 Å². The van der Waals surface area contributed by atoms with Gasteiger partial charge in [0.05, 0.1) is 6.61 Å². The Balaban J connectivity index is 3.57. The number of thioether (sulfide) groups is 1. The zero-order chi connectivity index (χ0) is 11.0. The third kappa shape index (κ3) is 7.01. The Morgan fingerprint density at radius 1 is 1.43 bits per heavy atom. The van der Waals surface area contributed by atoms with Crippen LogP contribution in [0, 0.1) is 5.92 Å². The van der Waals surface area contributed by atoms with Gasteiger partial charge in [0, 0.05) is 17.1 Å². The van der Waals surface area contributed by atoms with E-state index in [1.165, 1.54) is 6.08 Å². The molecular formula is C11H20O2S. The molecule has 82 valence electrons. The molecule has 3 heteroatoms. The van der Waals surface area contributed by atoms with Crippen LogP contribution in [-0.4, -0.2) is 23.6 Å². The average molecular weight is 216 g/mol. The standard InChI is InChI=1S/C11H20O2S/c1-5-13-11(12)7-6-8-14-10(4)9(2)3/h6-7,9-10H,5,8H2,1-4H3/b7-6+. The Bertz CT molecular complexity index is 188. The molecule has 0 aliphatic heterocycles. The van der Waals surface area contributed by atoms with Crippen molar-refractivity contribution in [3.8, 4) is 0 Å². The summed E-state index contributed by atoms with van der Waals surface area (Å²) in [5.74, 6) is 1.30. The van der Waals surface area contributed by atoms with Crippen molar-refractivity contribution in [1.29, 1.82) is 0 Å². The molecular weight excluding hydrogens is 196 g/mol. The van der Waals surface area contributed by atoms with Crippen molar-refractivity contribution < 1.29 is 9.53 Å². The second kappa shape index (κ2) is 7.92. The quantitative estimate of drug-likeness (QED) is 0.504. The molecule has 1 atom stereocenters. The lowest BCUT2D eigenvalue weighted by Crippen LogP contribution is -2.06. The molecule has 2 nitrogen and oxygen atoms in total. The fourth-order valence-corrected chi connectivity index (χ4v) is 1.63. The zero-order valence-electron chi connectivity index (χ0n) is 9.45. The predicted molar refractivity (Wildman–Crippen MR) is 62.5 cm³/mol. The van der Waals surface area contributed by atoms with Crippen LogP contribution in [0.4, 0.5) is 0 Å². The van der Waals surface area contributed by atoms with Crippen LogP contribution in [0.25, 0.3) is 0 Å². The predicted octanol–water partition coefficient (Wildman–Crippen LogP) is 2.88. The summed E-state index contributed by atoms with van der Waals surface area (Å²) >= 11 is 1.85. The first-order valence-electron chi connectivity index (χ1n) is 5.02. The fraction of sp³-hybridized carbons (Fsp3) is 0.727. The SMILES string of the molecule is CCOC(=O)/C=C/CSC(C)C(C)C. The van der Waals surface area contributed by atoms with E-state index in [1.807, 2.05) is 17.8 Å². The molecule has 0 N–H and O–H groups in total. The van der Waals surface area contributed by atoms with E-state index in [0.717, 1.165) is 5.75 Å². The maximum Gasteiger partial charge on any atom is 0.330 e. The molecule has 0 aromatic carbocycles. The number of rotatable bonds is 6. The minimum absolute atomic E-state index is 0.245. The van der Waals surface area contributed by atoms with Crippen LogP contribution in [-0.2, 0) is 9.53 Å². The second-order valence-electron chi connectivity index (χ2n) is 3.44. The normalized spacial score (nSPS) is 13.5. The van der Waals surface area contributed by atoms with Gasteiger partial charge >= 0.3 is 5.97 Å². The van der Waals surface area contributed by atoms with E-state index in [0.29, 0.717) is 17.8 Å². The van der Waals surface area contributed by atoms with Crippen molar-refractivity contribution in [1.82, 2.24) is 0 Å². The molecule has 0 radical (unpaired) electrons. The third-order valence-electron chi connectivity index (χ3n) is 1.93. The topological polar surface area (TPSA) is 26.3 Å².